The summed E-state index contributed by atoms with van der Waals surface area (Å²) in [5.74, 6) is 0.117. The number of nitrogens with one attached hydrogen (secondary N) is 1. The zero-order valence-corrected chi connectivity index (χ0v) is 22.6. The Hall–Kier alpha value is -3.73. The van der Waals surface area contributed by atoms with Crippen LogP contribution < -0.4 is 19.9 Å². The molecule has 39 heavy (non-hydrogen) atoms. The number of nitrogens with two attached hydrogens (primary N) is 1. The van der Waals surface area contributed by atoms with Crippen LogP contribution in [0.1, 0.15) is 49.9 Å². The van der Waals surface area contributed by atoms with E-state index in [2.05, 4.69) is 9.97 Å². The molecule has 3 aromatic rings. The van der Waals surface area contributed by atoms with Crippen LogP contribution in [0.2, 0.25) is 0 Å². The molecule has 2 aliphatic carbocycles. The van der Waals surface area contributed by atoms with E-state index in [4.69, 9.17) is 15.2 Å². The van der Waals surface area contributed by atoms with Crippen molar-refractivity contribution in [3.63, 3.8) is 0 Å². The van der Waals surface area contributed by atoms with E-state index in [1.165, 1.54) is 42.5 Å². The summed E-state index contributed by atoms with van der Waals surface area (Å²) in [5, 5.41) is -0.385. The van der Waals surface area contributed by atoms with E-state index in [9.17, 15) is 17.6 Å². The summed E-state index contributed by atoms with van der Waals surface area (Å²) in [7, 11) is -4.31. The van der Waals surface area contributed by atoms with E-state index in [0.717, 1.165) is 25.7 Å². The molecule has 2 fully saturated rings. The second kappa shape index (κ2) is 10.8. The Morgan fingerprint density at radius 2 is 1.95 bits per heavy atom. The van der Waals surface area contributed by atoms with Gasteiger partial charge in [-0.05, 0) is 79.8 Å². The zero-order valence-electron chi connectivity index (χ0n) is 21.8. The van der Waals surface area contributed by atoms with Crippen LogP contribution in [-0.2, 0) is 10.0 Å². The summed E-state index contributed by atoms with van der Waals surface area (Å²) < 4.78 is 54.1. The maximum atomic E-state index is 14.5. The molecule has 1 amide bonds. The molecule has 0 saturated heterocycles. The minimum absolute atomic E-state index is 0.00323. The second-order valence-corrected chi connectivity index (χ2v) is 12.2. The summed E-state index contributed by atoms with van der Waals surface area (Å²) in [6.45, 7) is 4.41. The van der Waals surface area contributed by atoms with Gasteiger partial charge in [-0.1, -0.05) is 19.9 Å². The van der Waals surface area contributed by atoms with E-state index in [1.807, 2.05) is 18.6 Å². The number of hydrogen-bond donors (Lipinski definition) is 2. The molecule has 206 valence electrons. The molecule has 11 heteroatoms. The number of ether oxygens (including phenoxy) is 2. The minimum Gasteiger partial charge on any atom is -0.493 e. The molecule has 9 nitrogen and oxygen atoms in total. The van der Waals surface area contributed by atoms with Crippen molar-refractivity contribution >= 4 is 21.7 Å². The Labute approximate surface area is 227 Å². The number of aromatic nitrogens is 2. The average Bonchev–Trinajstić information content (AvgIpc) is 3.50. The molecule has 2 aliphatic rings. The van der Waals surface area contributed by atoms with Gasteiger partial charge >= 0.3 is 0 Å². The fourth-order valence-electron chi connectivity index (χ4n) is 5.20. The number of rotatable bonds is 9. The van der Waals surface area contributed by atoms with Crippen molar-refractivity contribution in [3.05, 3.63) is 59.9 Å². The first-order valence-electron chi connectivity index (χ1n) is 13.0. The highest BCUT2D eigenvalue weighted by molar-refractivity contribution is 7.90. The standard InChI is InChI=1S/C28H31FN4O5S/c1-16(2)15-37-21-13-19(12-20(29)14-21)23-9-8-22(28(31-23)38-24-11-17-6-7-18(24)10-17)27(34)33-39(35,36)26-5-3-4-25(30)32-26/h3-5,8-9,12-14,16-18,24H,6-7,10-11,15H2,1-2H3,(H2,30,32)(H,33,34). The van der Waals surface area contributed by atoms with Gasteiger partial charge in [-0.3, -0.25) is 4.79 Å². The lowest BCUT2D eigenvalue weighted by atomic mass is 9.98. The van der Waals surface area contributed by atoms with Crippen LogP contribution in [0.3, 0.4) is 0 Å². The molecule has 0 radical (unpaired) electrons. The van der Waals surface area contributed by atoms with Gasteiger partial charge in [0, 0.05) is 11.6 Å². The van der Waals surface area contributed by atoms with Crippen molar-refractivity contribution < 1.29 is 27.1 Å². The Kier molecular flexibility index (Phi) is 7.44. The molecule has 1 aromatic carbocycles. The normalized spacial score (nSPS) is 20.3. The number of hydrogen-bond acceptors (Lipinski definition) is 8. The number of anilines is 1. The third kappa shape index (κ3) is 6.13. The Morgan fingerprint density at radius 3 is 2.64 bits per heavy atom. The average molecular weight is 555 g/mol. The van der Waals surface area contributed by atoms with E-state index in [1.54, 1.807) is 6.07 Å². The molecule has 3 N–H and O–H groups in total. The monoisotopic (exact) mass is 554 g/mol. The number of pyridine rings is 2. The SMILES string of the molecule is CC(C)COc1cc(F)cc(-c2ccc(C(=O)NS(=O)(=O)c3cccc(N)n3)c(OC3CC4CCC3C4)n2)c1. The van der Waals surface area contributed by atoms with Crippen LogP contribution in [-0.4, -0.2) is 37.0 Å². The lowest BCUT2D eigenvalue weighted by Crippen LogP contribution is -2.32. The highest BCUT2D eigenvalue weighted by Gasteiger charge is 2.41. The number of nitrogens with zero attached hydrogens (tertiary/aromatic N) is 2. The summed E-state index contributed by atoms with van der Waals surface area (Å²) in [6, 6.07) is 11.4. The largest absolute Gasteiger partial charge is 0.493 e. The Balaban J connectivity index is 1.47. The van der Waals surface area contributed by atoms with Crippen molar-refractivity contribution in [2.24, 2.45) is 17.8 Å². The van der Waals surface area contributed by atoms with Gasteiger partial charge in [0.2, 0.25) is 5.88 Å². The van der Waals surface area contributed by atoms with Gasteiger partial charge in [-0.2, -0.15) is 8.42 Å². The van der Waals surface area contributed by atoms with Crippen LogP contribution in [0.15, 0.2) is 53.6 Å². The van der Waals surface area contributed by atoms with Gasteiger partial charge in [0.15, 0.2) is 5.03 Å². The smallest absolute Gasteiger partial charge is 0.281 e. The third-order valence-electron chi connectivity index (χ3n) is 7.04. The summed E-state index contributed by atoms with van der Waals surface area (Å²) in [5.41, 5.74) is 6.36. The maximum Gasteiger partial charge on any atom is 0.281 e. The fourth-order valence-corrected chi connectivity index (χ4v) is 6.15. The number of carbonyl (C=O) groups is 1. The van der Waals surface area contributed by atoms with Gasteiger partial charge in [0.1, 0.15) is 29.1 Å². The number of halogens is 1. The number of amides is 1. The molecule has 3 atom stereocenters. The number of carbonyl (C=O) groups excluding carboxylic acids is 1. The topological polar surface area (TPSA) is 134 Å². The first kappa shape index (κ1) is 26.9. The first-order chi connectivity index (χ1) is 18.6. The van der Waals surface area contributed by atoms with Crippen LogP contribution in [0.5, 0.6) is 11.6 Å². The highest BCUT2D eigenvalue weighted by atomic mass is 32.2. The van der Waals surface area contributed by atoms with Gasteiger partial charge in [-0.25, -0.2) is 19.1 Å². The Morgan fingerprint density at radius 1 is 1.13 bits per heavy atom. The van der Waals surface area contributed by atoms with Gasteiger partial charge in [0.05, 0.1) is 12.3 Å². The molecule has 2 bridgehead atoms. The summed E-state index contributed by atoms with van der Waals surface area (Å²) in [4.78, 5) is 21.6. The number of sulfonamides is 1. The molecule has 2 aromatic heterocycles. The van der Waals surface area contributed by atoms with Gasteiger partial charge in [-0.15, -0.1) is 0 Å². The molecular weight excluding hydrogens is 523 g/mol. The van der Waals surface area contributed by atoms with Crippen molar-refractivity contribution in [1.29, 1.82) is 0 Å². The highest BCUT2D eigenvalue weighted by Crippen LogP contribution is 2.46. The minimum atomic E-state index is -4.31. The van der Waals surface area contributed by atoms with E-state index in [0.29, 0.717) is 35.4 Å². The van der Waals surface area contributed by atoms with Crippen molar-refractivity contribution in [1.82, 2.24) is 14.7 Å². The molecule has 2 saturated carbocycles. The molecule has 0 spiro atoms. The van der Waals surface area contributed by atoms with E-state index in [-0.39, 0.29) is 34.3 Å². The predicted molar refractivity (Wildman–Crippen MR) is 143 cm³/mol. The fraction of sp³-hybridized carbons (Fsp3) is 0.393. The second-order valence-electron chi connectivity index (χ2n) is 10.6. The molecule has 2 heterocycles. The van der Waals surface area contributed by atoms with Crippen molar-refractivity contribution in [2.75, 3.05) is 12.3 Å². The Bertz CT molecular complexity index is 1500. The van der Waals surface area contributed by atoms with Crippen molar-refractivity contribution in [3.8, 4) is 22.9 Å². The first-order valence-corrected chi connectivity index (χ1v) is 14.5. The van der Waals surface area contributed by atoms with Crippen LogP contribution in [0.25, 0.3) is 11.3 Å². The molecule has 0 aliphatic heterocycles. The molecule has 5 rings (SSSR count). The van der Waals surface area contributed by atoms with Crippen LogP contribution in [0, 0.1) is 23.6 Å². The zero-order chi connectivity index (χ0) is 27.7. The number of fused-ring (bicyclic) bond motifs is 2. The number of benzene rings is 1. The van der Waals surface area contributed by atoms with Gasteiger partial charge < -0.3 is 15.2 Å². The lowest BCUT2D eigenvalue weighted by Gasteiger charge is -2.24. The van der Waals surface area contributed by atoms with Crippen LogP contribution in [0.4, 0.5) is 10.2 Å². The van der Waals surface area contributed by atoms with Crippen LogP contribution >= 0.6 is 0 Å². The lowest BCUT2D eigenvalue weighted by molar-refractivity contribution is 0.0960. The quantitative estimate of drug-likeness (QED) is 0.393. The summed E-state index contributed by atoms with van der Waals surface area (Å²) in [6.07, 6.45) is 3.95. The van der Waals surface area contributed by atoms with E-state index < -0.39 is 21.7 Å². The maximum absolute atomic E-state index is 14.5. The van der Waals surface area contributed by atoms with Gasteiger partial charge in [0.25, 0.3) is 15.9 Å². The van der Waals surface area contributed by atoms with E-state index >= 15 is 0 Å². The molecule has 3 unspecified atom stereocenters. The molecular formula is C28H31FN4O5S. The predicted octanol–water partition coefficient (Wildman–Crippen LogP) is 4.59. The third-order valence-corrected chi connectivity index (χ3v) is 8.27. The van der Waals surface area contributed by atoms with Crippen molar-refractivity contribution in [2.45, 2.75) is 50.7 Å². The summed E-state index contributed by atoms with van der Waals surface area (Å²) >= 11 is 0. The number of nitrogen functional groups attached to an aromatic ring is 1.